The lowest BCUT2D eigenvalue weighted by Crippen LogP contribution is -2.36. The van der Waals surface area contributed by atoms with E-state index in [1.807, 2.05) is 13.0 Å². The van der Waals surface area contributed by atoms with E-state index in [9.17, 15) is 0 Å². The monoisotopic (exact) mass is 409 g/mol. The number of aryl methyl sites for hydroxylation is 1. The lowest BCUT2D eigenvalue weighted by molar-refractivity contribution is 0.122. The van der Waals surface area contributed by atoms with Crippen LogP contribution in [0.15, 0.2) is 35.2 Å². The molecule has 0 atom stereocenters. The molecule has 1 saturated carbocycles. The molecular weight excluding hydrogens is 382 g/mol. The summed E-state index contributed by atoms with van der Waals surface area (Å²) >= 11 is 0. The third-order valence-corrected chi connectivity index (χ3v) is 5.88. The number of aromatic nitrogens is 3. The molecule has 1 N–H and O–H groups in total. The molecule has 0 amide bonds. The van der Waals surface area contributed by atoms with E-state index in [1.54, 1.807) is 12.5 Å². The van der Waals surface area contributed by atoms with Gasteiger partial charge >= 0.3 is 0 Å². The molecule has 0 unspecified atom stereocenters. The summed E-state index contributed by atoms with van der Waals surface area (Å²) in [6, 6.07) is 6.55. The van der Waals surface area contributed by atoms with Crippen LogP contribution in [0, 0.1) is 6.92 Å². The van der Waals surface area contributed by atoms with Crippen LogP contribution in [-0.2, 0) is 4.74 Å². The van der Waals surface area contributed by atoms with Gasteiger partial charge in [0.1, 0.15) is 17.9 Å². The third kappa shape index (κ3) is 4.18. The van der Waals surface area contributed by atoms with Crippen molar-refractivity contribution < 1.29 is 14.0 Å². The summed E-state index contributed by atoms with van der Waals surface area (Å²) in [4.78, 5) is 10.9. The average molecular weight is 409 g/mol. The maximum Gasteiger partial charge on any atom is 0.155 e. The van der Waals surface area contributed by atoms with Crippen LogP contribution in [0.4, 0.5) is 11.5 Å². The summed E-state index contributed by atoms with van der Waals surface area (Å²) in [5.41, 5.74) is 1.93. The second-order valence-corrected chi connectivity index (χ2v) is 8.02. The molecule has 0 spiro atoms. The van der Waals surface area contributed by atoms with Gasteiger partial charge in [0.15, 0.2) is 11.3 Å². The van der Waals surface area contributed by atoms with Crippen molar-refractivity contribution >= 4 is 22.4 Å². The molecule has 2 aromatic heterocycles. The molecule has 1 aromatic carbocycles. The first-order valence-electron chi connectivity index (χ1n) is 10.7. The Labute approximate surface area is 175 Å². The van der Waals surface area contributed by atoms with Crippen LogP contribution in [0.1, 0.15) is 31.5 Å². The van der Waals surface area contributed by atoms with Gasteiger partial charge in [-0.05, 0) is 44.7 Å². The zero-order chi connectivity index (χ0) is 20.3. The van der Waals surface area contributed by atoms with Crippen LogP contribution in [0.25, 0.3) is 10.9 Å². The van der Waals surface area contributed by atoms with Gasteiger partial charge in [0.05, 0.1) is 19.3 Å². The number of morpholine rings is 1. The minimum absolute atomic E-state index is 0.176. The normalized spacial score (nSPS) is 22.2. The van der Waals surface area contributed by atoms with Gasteiger partial charge in [-0.3, -0.25) is 0 Å². The fourth-order valence-electron chi connectivity index (χ4n) is 4.28. The van der Waals surface area contributed by atoms with Gasteiger partial charge in [-0.15, -0.1) is 0 Å². The van der Waals surface area contributed by atoms with Crippen LogP contribution in [0.3, 0.4) is 0 Å². The molecular formula is C22H27N5O3. The number of nitrogens with one attached hydrogen (secondary N) is 1. The SMILES string of the molecule is Cc1nccc(NC2CCC(Oc3cc(N4CCOCC4)cc4conc34)CC2)n1. The molecule has 8 heteroatoms. The van der Waals surface area contributed by atoms with Crippen LogP contribution in [-0.4, -0.2) is 53.6 Å². The van der Waals surface area contributed by atoms with Crippen LogP contribution >= 0.6 is 0 Å². The maximum absolute atomic E-state index is 6.44. The standard InChI is InChI=1S/C22H27N5O3/c1-15-23-7-6-21(24-15)25-17-2-4-19(5-3-17)30-20-13-18(27-8-10-28-11-9-27)12-16-14-29-26-22(16)20/h6-7,12-14,17,19H,2-5,8-11H2,1H3,(H,23,24,25). The highest BCUT2D eigenvalue weighted by Gasteiger charge is 2.24. The lowest BCUT2D eigenvalue weighted by Gasteiger charge is -2.31. The molecule has 1 aliphatic carbocycles. The molecule has 1 saturated heterocycles. The minimum atomic E-state index is 0.176. The predicted octanol–water partition coefficient (Wildman–Crippen LogP) is 3.56. The van der Waals surface area contributed by atoms with Gasteiger partial charge in [0.25, 0.3) is 0 Å². The van der Waals surface area contributed by atoms with Gasteiger partial charge in [-0.1, -0.05) is 5.16 Å². The summed E-state index contributed by atoms with van der Waals surface area (Å²) < 4.78 is 17.2. The summed E-state index contributed by atoms with van der Waals surface area (Å²) in [6.07, 6.45) is 7.72. The fraction of sp³-hybridized carbons (Fsp3) is 0.500. The Balaban J connectivity index is 1.25. The first-order chi connectivity index (χ1) is 14.7. The molecule has 3 heterocycles. The fourth-order valence-corrected chi connectivity index (χ4v) is 4.28. The zero-order valence-corrected chi connectivity index (χ0v) is 17.2. The summed E-state index contributed by atoms with van der Waals surface area (Å²) in [5.74, 6) is 2.49. The Hall–Kier alpha value is -2.87. The molecule has 30 heavy (non-hydrogen) atoms. The largest absolute Gasteiger partial charge is 0.488 e. The van der Waals surface area contributed by atoms with Crippen molar-refractivity contribution in [3.05, 3.63) is 36.5 Å². The lowest BCUT2D eigenvalue weighted by atomic mass is 9.93. The minimum Gasteiger partial charge on any atom is -0.488 e. The highest BCUT2D eigenvalue weighted by molar-refractivity contribution is 5.87. The van der Waals surface area contributed by atoms with E-state index in [1.165, 1.54) is 0 Å². The van der Waals surface area contributed by atoms with E-state index in [4.69, 9.17) is 14.0 Å². The molecule has 158 valence electrons. The number of ether oxygens (including phenoxy) is 2. The second kappa shape index (κ2) is 8.47. The van der Waals surface area contributed by atoms with Gasteiger partial charge in [-0.2, -0.15) is 0 Å². The summed E-state index contributed by atoms with van der Waals surface area (Å²) in [5, 5.41) is 8.69. The third-order valence-electron chi connectivity index (χ3n) is 5.88. The number of nitrogens with zero attached hydrogens (tertiary/aromatic N) is 4. The maximum atomic E-state index is 6.44. The van der Waals surface area contributed by atoms with E-state index >= 15 is 0 Å². The van der Waals surface area contributed by atoms with Crippen molar-refractivity contribution in [1.82, 2.24) is 15.1 Å². The Morgan fingerprint density at radius 2 is 1.97 bits per heavy atom. The van der Waals surface area contributed by atoms with E-state index in [0.29, 0.717) is 6.04 Å². The molecule has 0 bridgehead atoms. The topological polar surface area (TPSA) is 85.5 Å². The zero-order valence-electron chi connectivity index (χ0n) is 17.2. The van der Waals surface area contributed by atoms with Gasteiger partial charge < -0.3 is 24.2 Å². The molecule has 1 aliphatic heterocycles. The van der Waals surface area contributed by atoms with Gasteiger partial charge in [0, 0.05) is 42.5 Å². The van der Waals surface area contributed by atoms with Crippen molar-refractivity contribution in [1.29, 1.82) is 0 Å². The Kier molecular flexibility index (Phi) is 5.40. The summed E-state index contributed by atoms with van der Waals surface area (Å²) in [6.45, 7) is 5.18. The molecule has 3 aromatic rings. The number of fused-ring (bicyclic) bond motifs is 1. The Bertz CT molecular complexity index is 993. The van der Waals surface area contributed by atoms with Crippen molar-refractivity contribution in [2.75, 3.05) is 36.5 Å². The number of rotatable bonds is 5. The second-order valence-electron chi connectivity index (χ2n) is 8.02. The molecule has 2 aliphatic rings. The number of hydrogen-bond acceptors (Lipinski definition) is 8. The van der Waals surface area contributed by atoms with Crippen molar-refractivity contribution in [3.63, 3.8) is 0 Å². The van der Waals surface area contributed by atoms with Gasteiger partial charge in [-0.25, -0.2) is 9.97 Å². The number of benzene rings is 1. The number of anilines is 2. The highest BCUT2D eigenvalue weighted by Crippen LogP contribution is 2.34. The Morgan fingerprint density at radius 3 is 2.77 bits per heavy atom. The molecule has 0 radical (unpaired) electrons. The van der Waals surface area contributed by atoms with E-state index in [-0.39, 0.29) is 6.10 Å². The Morgan fingerprint density at radius 1 is 1.13 bits per heavy atom. The smallest absolute Gasteiger partial charge is 0.155 e. The first-order valence-corrected chi connectivity index (χ1v) is 10.7. The van der Waals surface area contributed by atoms with Crippen LogP contribution < -0.4 is 15.0 Å². The first kappa shape index (κ1) is 19.1. The average Bonchev–Trinajstić information content (AvgIpc) is 3.25. The summed E-state index contributed by atoms with van der Waals surface area (Å²) in [7, 11) is 0. The van der Waals surface area contributed by atoms with Crippen molar-refractivity contribution in [2.24, 2.45) is 0 Å². The quantitative estimate of drug-likeness (QED) is 0.685. The molecule has 5 rings (SSSR count). The van der Waals surface area contributed by atoms with E-state index < -0.39 is 0 Å². The molecule has 2 fully saturated rings. The predicted molar refractivity (Wildman–Crippen MR) is 114 cm³/mol. The van der Waals surface area contributed by atoms with Crippen molar-refractivity contribution in [2.45, 2.75) is 44.8 Å². The van der Waals surface area contributed by atoms with Gasteiger partial charge in [0.2, 0.25) is 0 Å². The van der Waals surface area contributed by atoms with Crippen LogP contribution in [0.2, 0.25) is 0 Å². The van der Waals surface area contributed by atoms with Crippen LogP contribution in [0.5, 0.6) is 5.75 Å². The number of hydrogen-bond donors (Lipinski definition) is 1. The molecule has 8 nitrogen and oxygen atoms in total. The van der Waals surface area contributed by atoms with Crippen molar-refractivity contribution in [3.8, 4) is 5.75 Å². The van der Waals surface area contributed by atoms with E-state index in [2.05, 4.69) is 37.5 Å². The van der Waals surface area contributed by atoms with E-state index in [0.717, 1.165) is 86.0 Å². The highest BCUT2D eigenvalue weighted by atomic mass is 16.5.